The van der Waals surface area contributed by atoms with Gasteiger partial charge in [0.05, 0.1) is 11.1 Å². The number of ether oxygens (including phenoxy) is 1. The normalized spacial score (nSPS) is 11.0. The first-order valence-electron chi connectivity index (χ1n) is 6.69. The number of hydrogen-bond acceptors (Lipinski definition) is 4. The lowest BCUT2D eigenvalue weighted by atomic mass is 10.2. The summed E-state index contributed by atoms with van der Waals surface area (Å²) in [6, 6.07) is 9.09. The Labute approximate surface area is 134 Å². The lowest BCUT2D eigenvalue weighted by Crippen LogP contribution is -2.21. The SMILES string of the molecule is O=C(COC(=O)c1ccc(O)cc1)Nc1ccc(C(F)(F)F)cc1. The quantitative estimate of drug-likeness (QED) is 0.839. The van der Waals surface area contributed by atoms with Crippen LogP contribution in [0.5, 0.6) is 5.75 Å². The van der Waals surface area contributed by atoms with Gasteiger partial charge in [0.25, 0.3) is 5.91 Å². The monoisotopic (exact) mass is 339 g/mol. The van der Waals surface area contributed by atoms with Crippen molar-refractivity contribution in [3.05, 3.63) is 59.7 Å². The Bertz CT molecular complexity index is 724. The number of carbonyl (C=O) groups excluding carboxylic acids is 2. The molecule has 0 spiro atoms. The van der Waals surface area contributed by atoms with E-state index in [9.17, 15) is 22.8 Å². The zero-order chi connectivity index (χ0) is 17.7. The van der Waals surface area contributed by atoms with E-state index in [1.54, 1.807) is 0 Å². The van der Waals surface area contributed by atoms with Gasteiger partial charge in [-0.05, 0) is 48.5 Å². The van der Waals surface area contributed by atoms with E-state index in [0.717, 1.165) is 24.3 Å². The van der Waals surface area contributed by atoms with Crippen molar-refractivity contribution in [1.82, 2.24) is 0 Å². The Morgan fingerprint density at radius 3 is 2.12 bits per heavy atom. The highest BCUT2D eigenvalue weighted by atomic mass is 19.4. The van der Waals surface area contributed by atoms with Gasteiger partial charge in [0.15, 0.2) is 6.61 Å². The summed E-state index contributed by atoms with van der Waals surface area (Å²) in [6.45, 7) is -0.596. The smallest absolute Gasteiger partial charge is 0.416 e. The van der Waals surface area contributed by atoms with Gasteiger partial charge in [0.2, 0.25) is 0 Å². The van der Waals surface area contributed by atoms with Crippen molar-refractivity contribution in [3.8, 4) is 5.75 Å². The molecule has 2 aromatic rings. The number of hydrogen-bond donors (Lipinski definition) is 2. The fourth-order valence-corrected chi connectivity index (χ4v) is 1.75. The van der Waals surface area contributed by atoms with Crippen LogP contribution in [0.3, 0.4) is 0 Å². The van der Waals surface area contributed by atoms with Crippen molar-refractivity contribution >= 4 is 17.6 Å². The first-order chi connectivity index (χ1) is 11.3. The fraction of sp³-hybridized carbons (Fsp3) is 0.125. The first-order valence-corrected chi connectivity index (χ1v) is 6.69. The molecule has 0 aliphatic rings. The molecule has 0 aliphatic heterocycles. The van der Waals surface area contributed by atoms with Crippen LogP contribution in [-0.2, 0) is 15.7 Å². The molecule has 126 valence electrons. The Morgan fingerprint density at radius 1 is 1.00 bits per heavy atom. The molecule has 0 heterocycles. The van der Waals surface area contributed by atoms with Crippen LogP contribution in [0.4, 0.5) is 18.9 Å². The van der Waals surface area contributed by atoms with Crippen LogP contribution in [0.15, 0.2) is 48.5 Å². The number of anilines is 1. The molecule has 0 bridgehead atoms. The van der Waals surface area contributed by atoms with Gasteiger partial charge in [-0.2, -0.15) is 13.2 Å². The number of aromatic hydroxyl groups is 1. The van der Waals surface area contributed by atoms with Gasteiger partial charge in [0, 0.05) is 5.69 Å². The second kappa shape index (κ2) is 7.03. The van der Waals surface area contributed by atoms with Gasteiger partial charge in [0.1, 0.15) is 5.75 Å². The minimum absolute atomic E-state index is 0.0217. The van der Waals surface area contributed by atoms with E-state index in [2.05, 4.69) is 5.32 Å². The molecule has 0 unspecified atom stereocenters. The van der Waals surface area contributed by atoms with Crippen molar-refractivity contribution in [2.75, 3.05) is 11.9 Å². The predicted octanol–water partition coefficient (Wildman–Crippen LogP) is 3.21. The third-order valence-electron chi connectivity index (χ3n) is 2.93. The van der Waals surface area contributed by atoms with E-state index < -0.39 is 30.2 Å². The van der Waals surface area contributed by atoms with Crippen molar-refractivity contribution in [2.45, 2.75) is 6.18 Å². The van der Waals surface area contributed by atoms with Crippen LogP contribution in [0.1, 0.15) is 15.9 Å². The summed E-state index contributed by atoms with van der Waals surface area (Å²) in [5.41, 5.74) is -0.539. The Balaban J connectivity index is 1.87. The number of phenols is 1. The minimum Gasteiger partial charge on any atom is -0.508 e. The number of carbonyl (C=O) groups is 2. The van der Waals surface area contributed by atoms with E-state index in [-0.39, 0.29) is 17.0 Å². The van der Waals surface area contributed by atoms with Gasteiger partial charge >= 0.3 is 12.1 Å². The summed E-state index contributed by atoms with van der Waals surface area (Å²) in [4.78, 5) is 23.3. The van der Waals surface area contributed by atoms with Gasteiger partial charge in [-0.15, -0.1) is 0 Å². The number of amides is 1. The molecule has 0 saturated heterocycles. The molecule has 24 heavy (non-hydrogen) atoms. The van der Waals surface area contributed by atoms with E-state index >= 15 is 0 Å². The zero-order valence-corrected chi connectivity index (χ0v) is 12.1. The molecular formula is C16H12F3NO4. The van der Waals surface area contributed by atoms with E-state index in [0.29, 0.717) is 0 Å². The lowest BCUT2D eigenvalue weighted by molar-refractivity contribution is -0.137. The Kier molecular flexibility index (Phi) is 5.08. The average molecular weight is 339 g/mol. The molecule has 8 heteroatoms. The number of benzene rings is 2. The molecule has 2 N–H and O–H groups in total. The number of alkyl halides is 3. The van der Waals surface area contributed by atoms with Crippen LogP contribution >= 0.6 is 0 Å². The number of nitrogens with one attached hydrogen (secondary N) is 1. The highest BCUT2D eigenvalue weighted by molar-refractivity contribution is 5.95. The Morgan fingerprint density at radius 2 is 1.58 bits per heavy atom. The molecule has 0 aromatic heterocycles. The van der Waals surface area contributed by atoms with Crippen LogP contribution in [0.2, 0.25) is 0 Å². The van der Waals surface area contributed by atoms with Gasteiger partial charge in [-0.25, -0.2) is 4.79 Å². The largest absolute Gasteiger partial charge is 0.508 e. The summed E-state index contributed by atoms with van der Waals surface area (Å²) >= 11 is 0. The third-order valence-corrected chi connectivity index (χ3v) is 2.93. The van der Waals surface area contributed by atoms with E-state index in [1.807, 2.05) is 0 Å². The van der Waals surface area contributed by atoms with E-state index in [4.69, 9.17) is 9.84 Å². The molecule has 1 amide bonds. The van der Waals surface area contributed by atoms with Crippen LogP contribution in [-0.4, -0.2) is 23.6 Å². The summed E-state index contributed by atoms with van der Waals surface area (Å²) in [6.07, 6.45) is -4.46. The lowest BCUT2D eigenvalue weighted by Gasteiger charge is -2.09. The summed E-state index contributed by atoms with van der Waals surface area (Å²) < 4.78 is 42.0. The molecule has 0 aliphatic carbocycles. The van der Waals surface area contributed by atoms with Crippen molar-refractivity contribution in [2.24, 2.45) is 0 Å². The van der Waals surface area contributed by atoms with Crippen molar-refractivity contribution in [3.63, 3.8) is 0 Å². The Hall–Kier alpha value is -3.03. The summed E-state index contributed by atoms with van der Waals surface area (Å²) in [5.74, 6) is -1.48. The number of halogens is 3. The van der Waals surface area contributed by atoms with Gasteiger partial charge in [-0.3, -0.25) is 4.79 Å². The molecule has 2 aromatic carbocycles. The second-order valence-corrected chi connectivity index (χ2v) is 4.75. The molecule has 5 nitrogen and oxygen atoms in total. The number of esters is 1. The topological polar surface area (TPSA) is 75.6 Å². The molecule has 0 radical (unpaired) electrons. The third kappa shape index (κ3) is 4.73. The first kappa shape index (κ1) is 17.3. The van der Waals surface area contributed by atoms with Crippen LogP contribution < -0.4 is 5.32 Å². The van der Waals surface area contributed by atoms with Gasteiger partial charge in [-0.1, -0.05) is 0 Å². The van der Waals surface area contributed by atoms with Crippen molar-refractivity contribution in [1.29, 1.82) is 0 Å². The molecule has 2 rings (SSSR count). The molecular weight excluding hydrogens is 327 g/mol. The van der Waals surface area contributed by atoms with Crippen molar-refractivity contribution < 1.29 is 32.6 Å². The zero-order valence-electron chi connectivity index (χ0n) is 12.1. The average Bonchev–Trinajstić information content (AvgIpc) is 2.53. The molecule has 0 fully saturated rings. The van der Waals surface area contributed by atoms with Crippen LogP contribution in [0, 0.1) is 0 Å². The predicted molar refractivity (Wildman–Crippen MR) is 78.5 cm³/mol. The highest BCUT2D eigenvalue weighted by Crippen LogP contribution is 2.29. The van der Waals surface area contributed by atoms with Gasteiger partial charge < -0.3 is 15.2 Å². The summed E-state index contributed by atoms with van der Waals surface area (Å²) in [5, 5.41) is 11.4. The number of phenolic OH excluding ortho intramolecular Hbond substituents is 1. The maximum Gasteiger partial charge on any atom is 0.416 e. The standard InChI is InChI=1S/C16H12F3NO4/c17-16(18,19)11-3-5-12(6-4-11)20-14(22)9-24-15(23)10-1-7-13(21)8-2-10/h1-8,21H,9H2,(H,20,22). The molecule has 0 saturated carbocycles. The maximum absolute atomic E-state index is 12.4. The van der Waals surface area contributed by atoms with Crippen LogP contribution in [0.25, 0.3) is 0 Å². The van der Waals surface area contributed by atoms with E-state index in [1.165, 1.54) is 24.3 Å². The maximum atomic E-state index is 12.4. The highest BCUT2D eigenvalue weighted by Gasteiger charge is 2.29. The fourth-order valence-electron chi connectivity index (χ4n) is 1.75. The minimum atomic E-state index is -4.46. The molecule has 0 atom stereocenters. The summed E-state index contributed by atoms with van der Waals surface area (Å²) in [7, 11) is 0. The second-order valence-electron chi connectivity index (χ2n) is 4.75. The number of rotatable bonds is 4.